The number of nitrogens with one attached hydrogen (secondary N) is 1. The number of carboxylic acid groups (broad SMARTS) is 1. The van der Waals surface area contributed by atoms with Gasteiger partial charge in [-0.15, -0.1) is 0 Å². The standard InChI is InChI=1S/C12H14BrNO2/c1-2-3-4-7-14-9-5-6-10(12(15)16)11(13)8-9/h2-3,5-6,8,14H,4,7H2,1H3,(H,15,16)/b3-2+. The van der Waals surface area contributed by atoms with Crippen LogP contribution >= 0.6 is 15.9 Å². The number of hydrogen-bond acceptors (Lipinski definition) is 2. The summed E-state index contributed by atoms with van der Waals surface area (Å²) in [5.74, 6) is -0.924. The maximum atomic E-state index is 10.8. The van der Waals surface area contributed by atoms with Crippen LogP contribution in [0.25, 0.3) is 0 Å². The molecule has 0 saturated carbocycles. The second-order valence-electron chi connectivity index (χ2n) is 3.28. The lowest BCUT2D eigenvalue weighted by Gasteiger charge is -2.06. The number of carboxylic acids is 1. The van der Waals surface area contributed by atoms with Crippen LogP contribution < -0.4 is 5.32 Å². The number of hydrogen-bond donors (Lipinski definition) is 2. The van der Waals surface area contributed by atoms with E-state index in [9.17, 15) is 4.79 Å². The van der Waals surface area contributed by atoms with Crippen molar-refractivity contribution in [3.63, 3.8) is 0 Å². The highest BCUT2D eigenvalue weighted by Gasteiger charge is 2.07. The van der Waals surface area contributed by atoms with Gasteiger partial charge in [0.2, 0.25) is 0 Å². The molecule has 1 aromatic rings. The third-order valence-electron chi connectivity index (χ3n) is 2.08. The number of anilines is 1. The molecule has 0 aliphatic carbocycles. The van der Waals surface area contributed by atoms with Crippen LogP contribution in [0, 0.1) is 0 Å². The maximum absolute atomic E-state index is 10.8. The molecule has 0 amide bonds. The molecular formula is C12H14BrNO2. The molecule has 0 aromatic heterocycles. The fourth-order valence-electron chi connectivity index (χ4n) is 1.27. The summed E-state index contributed by atoms with van der Waals surface area (Å²) in [6, 6.07) is 5.13. The highest BCUT2D eigenvalue weighted by molar-refractivity contribution is 9.10. The molecule has 4 heteroatoms. The van der Waals surface area contributed by atoms with E-state index in [2.05, 4.69) is 27.3 Å². The fourth-order valence-corrected chi connectivity index (χ4v) is 1.81. The molecular weight excluding hydrogens is 270 g/mol. The first-order valence-corrected chi connectivity index (χ1v) is 5.82. The van der Waals surface area contributed by atoms with Crippen molar-refractivity contribution in [1.29, 1.82) is 0 Å². The zero-order chi connectivity index (χ0) is 12.0. The quantitative estimate of drug-likeness (QED) is 0.642. The summed E-state index contributed by atoms with van der Waals surface area (Å²) in [6.45, 7) is 2.82. The van der Waals surface area contributed by atoms with Crippen molar-refractivity contribution in [3.05, 3.63) is 40.4 Å². The molecule has 1 rings (SSSR count). The zero-order valence-electron chi connectivity index (χ0n) is 9.03. The van der Waals surface area contributed by atoms with E-state index in [-0.39, 0.29) is 5.56 Å². The van der Waals surface area contributed by atoms with Crippen molar-refractivity contribution in [1.82, 2.24) is 0 Å². The Bertz CT molecular complexity index is 402. The van der Waals surface area contributed by atoms with Crippen molar-refractivity contribution in [2.45, 2.75) is 13.3 Å². The van der Waals surface area contributed by atoms with Gasteiger partial charge in [0.05, 0.1) is 5.56 Å². The molecule has 0 fully saturated rings. The van der Waals surface area contributed by atoms with E-state index >= 15 is 0 Å². The number of benzene rings is 1. The molecule has 86 valence electrons. The van der Waals surface area contributed by atoms with Gasteiger partial charge >= 0.3 is 5.97 Å². The lowest BCUT2D eigenvalue weighted by Crippen LogP contribution is -2.02. The summed E-state index contributed by atoms with van der Waals surface area (Å²) in [4.78, 5) is 10.8. The van der Waals surface area contributed by atoms with Crippen molar-refractivity contribution in [2.24, 2.45) is 0 Å². The number of halogens is 1. The van der Waals surface area contributed by atoms with Crippen LogP contribution in [-0.4, -0.2) is 17.6 Å². The minimum atomic E-state index is -0.924. The SMILES string of the molecule is C/C=C/CCNc1ccc(C(=O)O)c(Br)c1. The summed E-state index contributed by atoms with van der Waals surface area (Å²) in [7, 11) is 0. The van der Waals surface area contributed by atoms with E-state index < -0.39 is 5.97 Å². The van der Waals surface area contributed by atoms with E-state index in [0.717, 1.165) is 18.7 Å². The van der Waals surface area contributed by atoms with Crippen LogP contribution in [0.15, 0.2) is 34.8 Å². The number of rotatable bonds is 5. The van der Waals surface area contributed by atoms with E-state index in [4.69, 9.17) is 5.11 Å². The Morgan fingerprint density at radius 2 is 2.31 bits per heavy atom. The van der Waals surface area contributed by atoms with Crippen LogP contribution in [0.3, 0.4) is 0 Å². The maximum Gasteiger partial charge on any atom is 0.336 e. The molecule has 0 unspecified atom stereocenters. The number of aromatic carboxylic acids is 1. The second-order valence-corrected chi connectivity index (χ2v) is 4.14. The molecule has 0 atom stereocenters. The molecule has 0 aliphatic heterocycles. The zero-order valence-corrected chi connectivity index (χ0v) is 10.6. The van der Waals surface area contributed by atoms with Crippen LogP contribution in [0.2, 0.25) is 0 Å². The van der Waals surface area contributed by atoms with Gasteiger partial charge in [-0.3, -0.25) is 0 Å². The summed E-state index contributed by atoms with van der Waals surface area (Å²) in [5.41, 5.74) is 1.19. The van der Waals surface area contributed by atoms with Gasteiger partial charge in [-0.2, -0.15) is 0 Å². The van der Waals surface area contributed by atoms with Crippen LogP contribution in [0.1, 0.15) is 23.7 Å². The van der Waals surface area contributed by atoms with Gasteiger partial charge < -0.3 is 10.4 Å². The lowest BCUT2D eigenvalue weighted by molar-refractivity contribution is 0.0696. The van der Waals surface area contributed by atoms with Gasteiger partial charge in [0, 0.05) is 16.7 Å². The predicted octanol–water partition coefficient (Wildman–Crippen LogP) is 3.53. The van der Waals surface area contributed by atoms with Gasteiger partial charge in [0.25, 0.3) is 0 Å². The Labute approximate surface area is 103 Å². The molecule has 0 radical (unpaired) electrons. The summed E-state index contributed by atoms with van der Waals surface area (Å²) in [6.07, 6.45) is 5.04. The van der Waals surface area contributed by atoms with Crippen LogP contribution in [-0.2, 0) is 0 Å². The smallest absolute Gasteiger partial charge is 0.336 e. The van der Waals surface area contributed by atoms with Gasteiger partial charge in [-0.05, 0) is 47.5 Å². The highest BCUT2D eigenvalue weighted by Crippen LogP contribution is 2.21. The Morgan fingerprint density at radius 3 is 2.88 bits per heavy atom. The second kappa shape index (κ2) is 6.33. The van der Waals surface area contributed by atoms with E-state index in [1.54, 1.807) is 18.2 Å². The Hall–Kier alpha value is -1.29. The van der Waals surface area contributed by atoms with E-state index in [1.165, 1.54) is 0 Å². The van der Waals surface area contributed by atoms with E-state index in [1.807, 2.05) is 13.0 Å². The summed E-state index contributed by atoms with van der Waals surface area (Å²) >= 11 is 3.24. The number of allylic oxidation sites excluding steroid dienone is 1. The molecule has 0 heterocycles. The predicted molar refractivity (Wildman–Crippen MR) is 69.0 cm³/mol. The van der Waals surface area contributed by atoms with Gasteiger partial charge in [-0.1, -0.05) is 12.2 Å². The minimum Gasteiger partial charge on any atom is -0.478 e. The third-order valence-corrected chi connectivity index (χ3v) is 2.73. The average Bonchev–Trinajstić information content (AvgIpc) is 2.24. The summed E-state index contributed by atoms with van der Waals surface area (Å²) in [5, 5.41) is 12.1. The molecule has 0 bridgehead atoms. The van der Waals surface area contributed by atoms with Crippen LogP contribution in [0.5, 0.6) is 0 Å². The lowest BCUT2D eigenvalue weighted by atomic mass is 10.2. The first-order valence-electron chi connectivity index (χ1n) is 5.03. The normalized spacial score (nSPS) is 10.6. The van der Waals surface area contributed by atoms with Crippen molar-refractivity contribution >= 4 is 27.6 Å². The fraction of sp³-hybridized carbons (Fsp3) is 0.250. The first-order chi connectivity index (χ1) is 7.65. The summed E-state index contributed by atoms with van der Waals surface area (Å²) < 4.78 is 0.594. The van der Waals surface area contributed by atoms with Crippen molar-refractivity contribution in [2.75, 3.05) is 11.9 Å². The van der Waals surface area contributed by atoms with Crippen molar-refractivity contribution < 1.29 is 9.90 Å². The first kappa shape index (κ1) is 12.8. The average molecular weight is 284 g/mol. The van der Waals surface area contributed by atoms with Gasteiger partial charge in [0.1, 0.15) is 0 Å². The molecule has 2 N–H and O–H groups in total. The Kier molecular flexibility index (Phi) is 5.05. The minimum absolute atomic E-state index is 0.277. The molecule has 16 heavy (non-hydrogen) atoms. The topological polar surface area (TPSA) is 49.3 Å². The molecule has 1 aromatic carbocycles. The number of carbonyl (C=O) groups is 1. The van der Waals surface area contributed by atoms with Crippen LogP contribution in [0.4, 0.5) is 5.69 Å². The largest absolute Gasteiger partial charge is 0.478 e. The molecule has 0 spiro atoms. The monoisotopic (exact) mass is 283 g/mol. The van der Waals surface area contributed by atoms with E-state index in [0.29, 0.717) is 4.47 Å². The third kappa shape index (κ3) is 3.70. The van der Waals surface area contributed by atoms with Crippen molar-refractivity contribution in [3.8, 4) is 0 Å². The van der Waals surface area contributed by atoms with Gasteiger partial charge in [-0.25, -0.2) is 4.79 Å². The Morgan fingerprint density at radius 1 is 1.56 bits per heavy atom. The Balaban J connectivity index is 2.63. The molecule has 0 aliphatic rings. The van der Waals surface area contributed by atoms with Gasteiger partial charge in [0.15, 0.2) is 0 Å². The molecule has 0 saturated heterocycles. The molecule has 3 nitrogen and oxygen atoms in total. The highest BCUT2D eigenvalue weighted by atomic mass is 79.9.